The zero-order chi connectivity index (χ0) is 13.0. The van der Waals surface area contributed by atoms with Crippen LogP contribution in [0.2, 0.25) is 0 Å². The third-order valence-corrected chi connectivity index (χ3v) is 3.83. The molecule has 0 heterocycles. The molecule has 0 spiro atoms. The Morgan fingerprint density at radius 3 is 2.83 bits per heavy atom. The van der Waals surface area contributed by atoms with E-state index in [-0.39, 0.29) is 5.91 Å². The summed E-state index contributed by atoms with van der Waals surface area (Å²) in [5, 5.41) is 3.16. The molecule has 3 nitrogen and oxygen atoms in total. The molecular weight excluding hydrogens is 224 g/mol. The van der Waals surface area contributed by atoms with Crippen LogP contribution in [0.25, 0.3) is 0 Å². The van der Waals surface area contributed by atoms with E-state index in [4.69, 9.17) is 5.73 Å². The third-order valence-electron chi connectivity index (χ3n) is 3.83. The molecule has 0 aliphatic heterocycles. The number of nitrogens with two attached hydrogens (primary N) is 1. The van der Waals surface area contributed by atoms with E-state index < -0.39 is 0 Å². The van der Waals surface area contributed by atoms with Crippen molar-refractivity contribution < 1.29 is 4.79 Å². The summed E-state index contributed by atoms with van der Waals surface area (Å²) in [5.41, 5.74) is 7.00. The minimum absolute atomic E-state index is 0.000972. The van der Waals surface area contributed by atoms with Gasteiger partial charge in [-0.15, -0.1) is 0 Å². The van der Waals surface area contributed by atoms with Gasteiger partial charge in [-0.05, 0) is 37.0 Å². The van der Waals surface area contributed by atoms with Crippen LogP contribution in [0, 0.1) is 5.92 Å². The van der Waals surface area contributed by atoms with Crippen LogP contribution in [-0.4, -0.2) is 11.9 Å². The smallest absolute Gasteiger partial charge is 0.251 e. The summed E-state index contributed by atoms with van der Waals surface area (Å²) in [4.78, 5) is 12.2. The molecule has 2 atom stereocenters. The van der Waals surface area contributed by atoms with Crippen LogP contribution < -0.4 is 11.1 Å². The highest BCUT2D eigenvalue weighted by Gasteiger charge is 2.21. The Labute approximate surface area is 109 Å². The van der Waals surface area contributed by atoms with Crippen LogP contribution in [0.4, 0.5) is 5.69 Å². The lowest BCUT2D eigenvalue weighted by molar-refractivity contribution is 0.0921. The highest BCUT2D eigenvalue weighted by Crippen LogP contribution is 2.23. The highest BCUT2D eigenvalue weighted by molar-refractivity contribution is 5.95. The Balaban J connectivity index is 2.01. The van der Waals surface area contributed by atoms with Gasteiger partial charge in [0.15, 0.2) is 0 Å². The molecule has 1 fully saturated rings. The van der Waals surface area contributed by atoms with E-state index in [1.807, 2.05) is 12.1 Å². The van der Waals surface area contributed by atoms with Crippen molar-refractivity contribution in [1.29, 1.82) is 0 Å². The van der Waals surface area contributed by atoms with Crippen LogP contribution in [-0.2, 0) is 0 Å². The fourth-order valence-corrected chi connectivity index (χ4v) is 2.64. The molecule has 18 heavy (non-hydrogen) atoms. The predicted molar refractivity (Wildman–Crippen MR) is 74.4 cm³/mol. The Morgan fingerprint density at radius 1 is 1.28 bits per heavy atom. The van der Waals surface area contributed by atoms with Gasteiger partial charge in [-0.2, -0.15) is 0 Å². The maximum absolute atomic E-state index is 12.2. The van der Waals surface area contributed by atoms with Crippen molar-refractivity contribution in [3.05, 3.63) is 29.8 Å². The first-order valence-corrected chi connectivity index (χ1v) is 6.83. The summed E-state index contributed by atoms with van der Waals surface area (Å²) in [6, 6.07) is 7.47. The highest BCUT2D eigenvalue weighted by atomic mass is 16.1. The Hall–Kier alpha value is -1.51. The second-order valence-corrected chi connectivity index (χ2v) is 5.32. The molecule has 3 heteroatoms. The van der Waals surface area contributed by atoms with Gasteiger partial charge in [0, 0.05) is 17.3 Å². The van der Waals surface area contributed by atoms with Gasteiger partial charge in [0.1, 0.15) is 0 Å². The van der Waals surface area contributed by atoms with E-state index in [0.29, 0.717) is 23.2 Å². The molecule has 0 aromatic heterocycles. The van der Waals surface area contributed by atoms with Gasteiger partial charge in [0.25, 0.3) is 5.91 Å². The van der Waals surface area contributed by atoms with Gasteiger partial charge >= 0.3 is 0 Å². The summed E-state index contributed by atoms with van der Waals surface area (Å²) in [7, 11) is 0. The molecule has 1 amide bonds. The minimum Gasteiger partial charge on any atom is -0.399 e. The number of anilines is 1. The first kappa shape index (κ1) is 12.9. The molecule has 98 valence electrons. The SMILES string of the molecule is CC1CCCCCC1NC(=O)c1cccc(N)c1. The topological polar surface area (TPSA) is 55.1 Å². The van der Waals surface area contributed by atoms with Crippen LogP contribution in [0.5, 0.6) is 0 Å². The lowest BCUT2D eigenvalue weighted by Gasteiger charge is -2.22. The lowest BCUT2D eigenvalue weighted by Crippen LogP contribution is -2.38. The normalized spacial score (nSPS) is 24.3. The molecule has 2 rings (SSSR count). The van der Waals surface area contributed by atoms with Crippen LogP contribution >= 0.6 is 0 Å². The van der Waals surface area contributed by atoms with E-state index in [9.17, 15) is 4.79 Å². The van der Waals surface area contributed by atoms with Crippen LogP contribution in [0.15, 0.2) is 24.3 Å². The summed E-state index contributed by atoms with van der Waals surface area (Å²) in [6.45, 7) is 2.23. The van der Waals surface area contributed by atoms with Crippen molar-refractivity contribution in [2.45, 2.75) is 45.1 Å². The number of nitrogens with one attached hydrogen (secondary N) is 1. The molecule has 0 saturated heterocycles. The van der Waals surface area contributed by atoms with Crippen LogP contribution in [0.3, 0.4) is 0 Å². The molecule has 3 N–H and O–H groups in total. The molecule has 1 aromatic carbocycles. The first-order valence-electron chi connectivity index (χ1n) is 6.83. The monoisotopic (exact) mass is 246 g/mol. The van der Waals surface area contributed by atoms with E-state index in [0.717, 1.165) is 6.42 Å². The molecular formula is C15H22N2O. The molecule has 1 aliphatic carbocycles. The van der Waals surface area contributed by atoms with E-state index in [2.05, 4.69) is 12.2 Å². The van der Waals surface area contributed by atoms with E-state index >= 15 is 0 Å². The quantitative estimate of drug-likeness (QED) is 0.622. The lowest BCUT2D eigenvalue weighted by atomic mass is 9.96. The number of rotatable bonds is 2. The number of nitrogen functional groups attached to an aromatic ring is 1. The number of carbonyl (C=O) groups excluding carboxylic acids is 1. The van der Waals surface area contributed by atoms with Gasteiger partial charge in [-0.25, -0.2) is 0 Å². The van der Waals surface area contributed by atoms with E-state index in [1.54, 1.807) is 12.1 Å². The van der Waals surface area contributed by atoms with Gasteiger partial charge in [-0.3, -0.25) is 4.79 Å². The predicted octanol–water partition coefficient (Wildman–Crippen LogP) is 2.97. The fraction of sp³-hybridized carbons (Fsp3) is 0.533. The van der Waals surface area contributed by atoms with Crippen molar-refractivity contribution in [1.82, 2.24) is 5.32 Å². The van der Waals surface area contributed by atoms with E-state index in [1.165, 1.54) is 25.7 Å². The summed E-state index contributed by atoms with van der Waals surface area (Å²) < 4.78 is 0. The molecule has 1 saturated carbocycles. The number of amides is 1. The third kappa shape index (κ3) is 3.25. The first-order chi connectivity index (χ1) is 8.66. The van der Waals surface area contributed by atoms with Crippen molar-refractivity contribution >= 4 is 11.6 Å². The number of carbonyl (C=O) groups is 1. The molecule has 1 aliphatic rings. The average Bonchev–Trinajstić information content (AvgIpc) is 2.55. The van der Waals surface area contributed by atoms with Gasteiger partial charge in [-0.1, -0.05) is 32.3 Å². The molecule has 1 aromatic rings. The summed E-state index contributed by atoms with van der Waals surface area (Å²) >= 11 is 0. The number of hydrogen-bond acceptors (Lipinski definition) is 2. The Morgan fingerprint density at radius 2 is 2.06 bits per heavy atom. The fourth-order valence-electron chi connectivity index (χ4n) is 2.64. The van der Waals surface area contributed by atoms with Crippen molar-refractivity contribution in [2.24, 2.45) is 5.92 Å². The molecule has 0 bridgehead atoms. The van der Waals surface area contributed by atoms with Crippen molar-refractivity contribution in [3.8, 4) is 0 Å². The summed E-state index contributed by atoms with van der Waals surface area (Å²) in [6.07, 6.45) is 6.09. The summed E-state index contributed by atoms with van der Waals surface area (Å²) in [5.74, 6) is 0.568. The van der Waals surface area contributed by atoms with Crippen molar-refractivity contribution in [3.63, 3.8) is 0 Å². The minimum atomic E-state index is 0.000972. The standard InChI is InChI=1S/C15H22N2O/c1-11-6-3-2-4-9-14(11)17-15(18)12-7-5-8-13(16)10-12/h5,7-8,10-11,14H,2-4,6,9,16H2,1H3,(H,17,18). The maximum atomic E-state index is 12.2. The van der Waals surface area contributed by atoms with Crippen molar-refractivity contribution in [2.75, 3.05) is 5.73 Å². The number of benzene rings is 1. The molecule has 2 unspecified atom stereocenters. The zero-order valence-corrected chi connectivity index (χ0v) is 11.0. The van der Waals surface area contributed by atoms with Gasteiger partial charge in [0.05, 0.1) is 0 Å². The number of hydrogen-bond donors (Lipinski definition) is 2. The second-order valence-electron chi connectivity index (χ2n) is 5.32. The Bertz CT molecular complexity index is 417. The Kier molecular flexibility index (Phi) is 4.24. The van der Waals surface area contributed by atoms with Gasteiger partial charge < -0.3 is 11.1 Å². The largest absolute Gasteiger partial charge is 0.399 e. The maximum Gasteiger partial charge on any atom is 0.251 e. The van der Waals surface area contributed by atoms with Crippen LogP contribution in [0.1, 0.15) is 49.4 Å². The zero-order valence-electron chi connectivity index (χ0n) is 11.0. The average molecular weight is 246 g/mol. The molecule has 0 radical (unpaired) electrons. The second kappa shape index (κ2) is 5.89. The van der Waals surface area contributed by atoms with Gasteiger partial charge in [0.2, 0.25) is 0 Å².